The van der Waals surface area contributed by atoms with Gasteiger partial charge >= 0.3 is 7.12 Å². The van der Waals surface area contributed by atoms with E-state index in [4.69, 9.17) is 9.31 Å². The first kappa shape index (κ1) is 19.3. The Morgan fingerprint density at radius 1 is 1.12 bits per heavy atom. The summed E-state index contributed by atoms with van der Waals surface area (Å²) in [6.07, 6.45) is 0. The fourth-order valence-corrected chi connectivity index (χ4v) is 3.27. The van der Waals surface area contributed by atoms with Crippen LogP contribution in [-0.4, -0.2) is 66.8 Å². The first-order valence-corrected chi connectivity index (χ1v) is 9.31. The smallest absolute Gasteiger partial charge is 0.399 e. The molecule has 0 N–H and O–H groups in total. The number of likely N-dealkylation sites (N-methyl/N-ethyl adjacent to an activating group) is 1. The summed E-state index contributed by atoms with van der Waals surface area (Å²) < 4.78 is 26.6. The number of halogens is 1. The lowest BCUT2D eigenvalue weighted by Crippen LogP contribution is -2.48. The average molecular weight is 362 g/mol. The van der Waals surface area contributed by atoms with Gasteiger partial charge in [0.15, 0.2) is 0 Å². The quantitative estimate of drug-likeness (QED) is 0.771. The highest BCUT2D eigenvalue weighted by molar-refractivity contribution is 6.62. The summed E-state index contributed by atoms with van der Waals surface area (Å²) in [4.78, 5) is 16.7. The fourth-order valence-electron chi connectivity index (χ4n) is 3.27. The number of benzene rings is 1. The van der Waals surface area contributed by atoms with E-state index in [2.05, 4.69) is 11.8 Å². The van der Waals surface area contributed by atoms with Crippen molar-refractivity contribution < 1.29 is 18.5 Å². The zero-order chi connectivity index (χ0) is 19.1. The van der Waals surface area contributed by atoms with Gasteiger partial charge in [0.1, 0.15) is 5.82 Å². The molecule has 1 aromatic rings. The average Bonchev–Trinajstić information content (AvgIpc) is 2.82. The van der Waals surface area contributed by atoms with E-state index in [1.807, 2.05) is 27.7 Å². The molecule has 0 atom stereocenters. The van der Waals surface area contributed by atoms with Gasteiger partial charge in [0.05, 0.1) is 16.8 Å². The molecule has 2 fully saturated rings. The van der Waals surface area contributed by atoms with Crippen molar-refractivity contribution in [2.24, 2.45) is 0 Å². The number of amides is 1. The van der Waals surface area contributed by atoms with Gasteiger partial charge in [0, 0.05) is 26.2 Å². The second-order valence-corrected chi connectivity index (χ2v) is 8.05. The van der Waals surface area contributed by atoms with E-state index in [-0.39, 0.29) is 11.5 Å². The second kappa shape index (κ2) is 6.95. The third-order valence-corrected chi connectivity index (χ3v) is 5.86. The molecule has 0 bridgehead atoms. The Labute approximate surface area is 155 Å². The molecule has 7 heteroatoms. The predicted octanol–water partition coefficient (Wildman–Crippen LogP) is 1.90. The van der Waals surface area contributed by atoms with Crippen LogP contribution in [0.25, 0.3) is 0 Å². The molecule has 0 saturated carbocycles. The molecule has 142 valence electrons. The number of nitrogens with zero attached hydrogens (tertiary/aromatic N) is 2. The molecule has 26 heavy (non-hydrogen) atoms. The number of hydrogen-bond acceptors (Lipinski definition) is 4. The zero-order valence-electron chi connectivity index (χ0n) is 16.3. The Hall–Kier alpha value is -1.44. The van der Waals surface area contributed by atoms with Crippen molar-refractivity contribution in [3.8, 4) is 0 Å². The Balaban J connectivity index is 1.73. The molecule has 2 saturated heterocycles. The van der Waals surface area contributed by atoms with Crippen molar-refractivity contribution in [3.05, 3.63) is 29.6 Å². The lowest BCUT2D eigenvalue weighted by atomic mass is 9.78. The van der Waals surface area contributed by atoms with E-state index >= 15 is 0 Å². The molecular formula is C19H28BFN2O3. The Kier molecular flexibility index (Phi) is 5.16. The van der Waals surface area contributed by atoms with Gasteiger partial charge in [-0.15, -0.1) is 0 Å². The van der Waals surface area contributed by atoms with Gasteiger partial charge in [-0.2, -0.15) is 0 Å². The predicted molar refractivity (Wildman–Crippen MR) is 100 cm³/mol. The maximum absolute atomic E-state index is 14.7. The molecule has 1 aromatic carbocycles. The van der Waals surface area contributed by atoms with Gasteiger partial charge < -0.3 is 19.1 Å². The van der Waals surface area contributed by atoms with Gasteiger partial charge in [0.2, 0.25) is 0 Å². The first-order chi connectivity index (χ1) is 12.1. The van der Waals surface area contributed by atoms with Crippen molar-refractivity contribution >= 4 is 18.5 Å². The SMILES string of the molecule is CCN1CCN(C(=O)c2ccc(B3OC(C)(C)C(C)(C)O3)cc2F)CC1. The summed E-state index contributed by atoms with van der Waals surface area (Å²) in [5.41, 5.74) is -0.271. The van der Waals surface area contributed by atoms with Crippen LogP contribution in [0.4, 0.5) is 4.39 Å². The van der Waals surface area contributed by atoms with Gasteiger partial charge in [-0.1, -0.05) is 13.0 Å². The lowest BCUT2D eigenvalue weighted by Gasteiger charge is -2.34. The summed E-state index contributed by atoms with van der Waals surface area (Å²) in [5.74, 6) is -0.779. The van der Waals surface area contributed by atoms with Crippen molar-refractivity contribution in [1.82, 2.24) is 9.80 Å². The maximum Gasteiger partial charge on any atom is 0.494 e. The minimum Gasteiger partial charge on any atom is -0.399 e. The van der Waals surface area contributed by atoms with E-state index in [0.717, 1.165) is 19.6 Å². The molecule has 0 radical (unpaired) electrons. The summed E-state index contributed by atoms with van der Waals surface area (Å²) in [6, 6.07) is 4.63. The van der Waals surface area contributed by atoms with Gasteiger partial charge in [-0.25, -0.2) is 4.39 Å². The number of rotatable bonds is 3. The minimum atomic E-state index is -0.633. The minimum absolute atomic E-state index is 0.107. The van der Waals surface area contributed by atoms with Crippen LogP contribution >= 0.6 is 0 Å². The molecule has 0 aliphatic carbocycles. The number of piperazine rings is 1. The number of carbonyl (C=O) groups excluding carboxylic acids is 1. The maximum atomic E-state index is 14.7. The first-order valence-electron chi connectivity index (χ1n) is 9.31. The van der Waals surface area contributed by atoms with Gasteiger partial charge in [-0.3, -0.25) is 4.79 Å². The van der Waals surface area contributed by atoms with Crippen molar-refractivity contribution in [2.45, 2.75) is 45.8 Å². The molecule has 1 amide bonds. The van der Waals surface area contributed by atoms with E-state index in [1.165, 1.54) is 6.07 Å². The molecule has 2 aliphatic rings. The highest BCUT2D eigenvalue weighted by Crippen LogP contribution is 2.36. The third-order valence-electron chi connectivity index (χ3n) is 5.86. The molecule has 0 spiro atoms. The molecule has 0 aromatic heterocycles. The van der Waals surface area contributed by atoms with Crippen LogP contribution in [0.3, 0.4) is 0 Å². The highest BCUT2D eigenvalue weighted by Gasteiger charge is 2.51. The lowest BCUT2D eigenvalue weighted by molar-refractivity contribution is 0.00578. The third kappa shape index (κ3) is 3.52. The van der Waals surface area contributed by atoms with E-state index in [0.29, 0.717) is 18.6 Å². The number of hydrogen-bond donors (Lipinski definition) is 0. The highest BCUT2D eigenvalue weighted by atomic mass is 19.1. The monoisotopic (exact) mass is 362 g/mol. The van der Waals surface area contributed by atoms with Crippen LogP contribution in [0.5, 0.6) is 0 Å². The molecule has 5 nitrogen and oxygen atoms in total. The summed E-state index contributed by atoms with van der Waals surface area (Å²) >= 11 is 0. The molecule has 2 aliphatic heterocycles. The Morgan fingerprint density at radius 2 is 1.69 bits per heavy atom. The summed E-state index contributed by atoms with van der Waals surface area (Å²) in [6.45, 7) is 13.8. The van der Waals surface area contributed by atoms with Crippen LogP contribution in [0, 0.1) is 5.82 Å². The standard InChI is InChI=1S/C19H28BFN2O3/c1-6-22-9-11-23(12-10-22)17(24)15-8-7-14(13-16(15)21)20-25-18(2,3)19(4,5)26-20/h7-8,13H,6,9-12H2,1-5H3. The van der Waals surface area contributed by atoms with E-state index in [1.54, 1.807) is 17.0 Å². The van der Waals surface area contributed by atoms with Crippen LogP contribution in [0.15, 0.2) is 18.2 Å². The van der Waals surface area contributed by atoms with Gasteiger partial charge in [-0.05, 0) is 51.8 Å². The normalized spacial score (nSPS) is 22.7. The van der Waals surface area contributed by atoms with Crippen molar-refractivity contribution in [3.63, 3.8) is 0 Å². The van der Waals surface area contributed by atoms with Crippen LogP contribution in [-0.2, 0) is 9.31 Å². The molecular weight excluding hydrogens is 334 g/mol. The van der Waals surface area contributed by atoms with E-state index < -0.39 is 24.1 Å². The van der Waals surface area contributed by atoms with E-state index in [9.17, 15) is 9.18 Å². The molecule has 3 rings (SSSR count). The summed E-state index contributed by atoms with van der Waals surface area (Å²) in [7, 11) is -0.633. The Bertz CT molecular complexity index is 671. The van der Waals surface area contributed by atoms with Gasteiger partial charge in [0.25, 0.3) is 5.91 Å². The number of carbonyl (C=O) groups is 1. The second-order valence-electron chi connectivity index (χ2n) is 8.05. The van der Waals surface area contributed by atoms with Crippen LogP contribution in [0.2, 0.25) is 0 Å². The Morgan fingerprint density at radius 3 is 2.19 bits per heavy atom. The molecule has 0 unspecified atom stereocenters. The van der Waals surface area contributed by atoms with Crippen molar-refractivity contribution in [2.75, 3.05) is 32.7 Å². The van der Waals surface area contributed by atoms with Crippen molar-refractivity contribution in [1.29, 1.82) is 0 Å². The largest absolute Gasteiger partial charge is 0.494 e. The summed E-state index contributed by atoms with van der Waals surface area (Å²) in [5, 5.41) is 0. The topological polar surface area (TPSA) is 42.0 Å². The molecule has 2 heterocycles. The fraction of sp³-hybridized carbons (Fsp3) is 0.632. The zero-order valence-corrected chi connectivity index (χ0v) is 16.3. The van der Waals surface area contributed by atoms with Crippen LogP contribution < -0.4 is 5.46 Å². The van der Waals surface area contributed by atoms with Crippen LogP contribution in [0.1, 0.15) is 45.0 Å².